The van der Waals surface area contributed by atoms with E-state index >= 15 is 0 Å². The van der Waals surface area contributed by atoms with E-state index in [9.17, 15) is 26.9 Å². The Morgan fingerprint density at radius 2 is 1.67 bits per heavy atom. The molecule has 6 rings (SSSR count). The summed E-state index contributed by atoms with van der Waals surface area (Å²) in [6.45, 7) is 7.46. The minimum Gasteiger partial charge on any atom is -0.444 e. The maximum absolute atomic E-state index is 13.3. The molecule has 39 heavy (non-hydrogen) atoms. The first-order chi connectivity index (χ1) is 18.2. The number of anilines is 1. The summed E-state index contributed by atoms with van der Waals surface area (Å²) in [6, 6.07) is 9.90. The van der Waals surface area contributed by atoms with Gasteiger partial charge in [0, 0.05) is 24.7 Å². The number of aromatic amines is 1. The Kier molecular flexibility index (Phi) is 6.40. The summed E-state index contributed by atoms with van der Waals surface area (Å²) in [6.07, 6.45) is 1.78. The number of sulfonamides is 2. The number of nitrogens with zero attached hydrogens (tertiary/aromatic N) is 3. The van der Waals surface area contributed by atoms with Crippen LogP contribution in [0.5, 0.6) is 0 Å². The third-order valence-electron chi connectivity index (χ3n) is 6.94. The van der Waals surface area contributed by atoms with Crippen LogP contribution >= 0.6 is 0 Å². The van der Waals surface area contributed by atoms with Crippen molar-refractivity contribution in [3.63, 3.8) is 0 Å². The lowest BCUT2D eigenvalue weighted by molar-refractivity contribution is -0.0600. The minimum atomic E-state index is -4.06. The fourth-order valence-corrected chi connectivity index (χ4v) is 7.70. The predicted octanol–water partition coefficient (Wildman–Crippen LogP) is 3.53. The summed E-state index contributed by atoms with van der Waals surface area (Å²) in [4.78, 5) is 16.9. The van der Waals surface area contributed by atoms with E-state index in [1.54, 1.807) is 37.8 Å². The van der Waals surface area contributed by atoms with Crippen LogP contribution in [0.2, 0.25) is 0 Å². The number of fused-ring (bicyclic) bond motifs is 3. The Labute approximate surface area is 227 Å². The van der Waals surface area contributed by atoms with Gasteiger partial charge in [-0.3, -0.25) is 9.62 Å². The smallest absolute Gasteiger partial charge is 0.410 e. The van der Waals surface area contributed by atoms with Gasteiger partial charge in [-0.25, -0.2) is 21.6 Å². The van der Waals surface area contributed by atoms with Gasteiger partial charge < -0.3 is 9.72 Å². The number of piperidine rings is 1. The van der Waals surface area contributed by atoms with E-state index in [0.29, 0.717) is 22.9 Å². The number of nitrogens with one attached hydrogen (secondary N) is 2. The van der Waals surface area contributed by atoms with Crippen molar-refractivity contribution in [3.8, 4) is 6.07 Å². The molecule has 1 amide bonds. The number of benzene rings is 2. The van der Waals surface area contributed by atoms with Crippen molar-refractivity contribution < 1.29 is 26.4 Å². The molecule has 1 aromatic heterocycles. The van der Waals surface area contributed by atoms with Crippen LogP contribution in [0.15, 0.2) is 52.4 Å². The van der Waals surface area contributed by atoms with Gasteiger partial charge in [-0.1, -0.05) is 6.07 Å². The second-order valence-corrected chi connectivity index (χ2v) is 14.4. The molecule has 13 heteroatoms. The quantitative estimate of drug-likeness (QED) is 0.475. The zero-order valence-corrected chi connectivity index (χ0v) is 23.6. The summed E-state index contributed by atoms with van der Waals surface area (Å²) < 4.78 is 62.2. The van der Waals surface area contributed by atoms with Crippen LogP contribution in [-0.2, 0) is 24.8 Å². The number of hydrogen-bond donors (Lipinski definition) is 2. The second kappa shape index (κ2) is 9.25. The first-order valence-corrected chi connectivity index (χ1v) is 15.3. The first kappa shape index (κ1) is 27.0. The molecule has 3 aromatic rings. The molecule has 2 N–H and O–H groups in total. The molecule has 11 nitrogen and oxygen atoms in total. The number of ether oxygens (including phenoxy) is 1. The van der Waals surface area contributed by atoms with Crippen molar-refractivity contribution in [1.29, 1.82) is 5.26 Å². The average molecular weight is 572 g/mol. The Morgan fingerprint density at radius 1 is 1.05 bits per heavy atom. The van der Waals surface area contributed by atoms with E-state index in [1.807, 2.05) is 6.92 Å². The van der Waals surface area contributed by atoms with Gasteiger partial charge in [0.25, 0.3) is 10.0 Å². The van der Waals surface area contributed by atoms with E-state index in [1.165, 1.54) is 34.8 Å². The monoisotopic (exact) mass is 571 g/mol. The lowest BCUT2D eigenvalue weighted by Crippen LogP contribution is -2.71. The number of rotatable bonds is 5. The van der Waals surface area contributed by atoms with Crippen molar-refractivity contribution in [2.45, 2.75) is 61.6 Å². The number of piperazine rings is 1. The van der Waals surface area contributed by atoms with Crippen molar-refractivity contribution >= 4 is 42.7 Å². The van der Waals surface area contributed by atoms with E-state index in [-0.39, 0.29) is 40.7 Å². The van der Waals surface area contributed by atoms with Gasteiger partial charge in [-0.15, -0.1) is 0 Å². The maximum atomic E-state index is 13.3. The molecule has 1 unspecified atom stereocenters. The van der Waals surface area contributed by atoms with Crippen molar-refractivity contribution in [1.82, 2.24) is 14.2 Å². The Hall–Kier alpha value is -3.60. The molecule has 0 spiro atoms. The standard InChI is InChI=1S/C26H29N5O6S2/c1-16-5-10-22(24-23(16)17(12-27)13-28-24)29-38(33,34)20-6-8-21(9-7-20)39(35,36)30-14-18-11-19(15-30)31(18)25(32)37-26(2,3)4/h5-10,13,18-19,28-29H,11,14-15H2,1-4H3/t18-,19?/m1/s1. The van der Waals surface area contributed by atoms with Crippen molar-refractivity contribution in [3.05, 3.63) is 53.7 Å². The third kappa shape index (κ3) is 4.84. The van der Waals surface area contributed by atoms with Gasteiger partial charge in [-0.2, -0.15) is 9.57 Å². The predicted molar refractivity (Wildman–Crippen MR) is 144 cm³/mol. The fourth-order valence-electron chi connectivity index (χ4n) is 5.12. The van der Waals surface area contributed by atoms with Crippen LogP contribution in [0.25, 0.3) is 10.9 Å². The lowest BCUT2D eigenvalue weighted by atomic mass is 9.89. The van der Waals surface area contributed by atoms with E-state index < -0.39 is 31.7 Å². The normalized spacial score (nSPS) is 19.8. The second-order valence-electron chi connectivity index (χ2n) is 10.8. The van der Waals surface area contributed by atoms with Crippen molar-refractivity contribution in [2.24, 2.45) is 0 Å². The lowest BCUT2D eigenvalue weighted by Gasteiger charge is -2.55. The molecule has 3 aliphatic heterocycles. The number of H-pyrrole nitrogens is 1. The average Bonchev–Trinajstić information content (AvgIpc) is 3.30. The van der Waals surface area contributed by atoms with E-state index in [2.05, 4.69) is 15.8 Å². The molecule has 206 valence electrons. The molecule has 2 aromatic carbocycles. The van der Waals surface area contributed by atoms with E-state index in [4.69, 9.17) is 4.74 Å². The highest BCUT2D eigenvalue weighted by molar-refractivity contribution is 7.92. The maximum Gasteiger partial charge on any atom is 0.410 e. The molecular formula is C26H29N5O6S2. The summed E-state index contributed by atoms with van der Waals surface area (Å²) in [5.41, 5.74) is 1.35. The van der Waals surface area contributed by atoms with Crippen LogP contribution in [0.3, 0.4) is 0 Å². The highest BCUT2D eigenvalue weighted by Crippen LogP contribution is 2.36. The van der Waals surface area contributed by atoms with Gasteiger partial charge in [0.2, 0.25) is 10.0 Å². The van der Waals surface area contributed by atoms with Crippen LogP contribution < -0.4 is 4.72 Å². The third-order valence-corrected chi connectivity index (χ3v) is 10.2. The summed E-state index contributed by atoms with van der Waals surface area (Å²) in [7, 11) is -7.96. The zero-order valence-electron chi connectivity index (χ0n) is 21.9. The summed E-state index contributed by atoms with van der Waals surface area (Å²) >= 11 is 0. The zero-order chi connectivity index (χ0) is 28.3. The Bertz CT molecular complexity index is 1700. The highest BCUT2D eigenvalue weighted by atomic mass is 32.2. The Balaban J connectivity index is 1.32. The van der Waals surface area contributed by atoms with Crippen LogP contribution in [0.4, 0.5) is 10.5 Å². The molecule has 3 fully saturated rings. The van der Waals surface area contributed by atoms with Gasteiger partial charge in [0.1, 0.15) is 11.7 Å². The molecule has 3 aliphatic rings. The summed E-state index contributed by atoms with van der Waals surface area (Å²) in [5, 5.41) is 9.98. The molecule has 0 saturated carbocycles. The minimum absolute atomic E-state index is 0.0349. The topological polar surface area (TPSA) is 153 Å². The molecule has 2 atom stereocenters. The number of amides is 1. The van der Waals surface area contributed by atoms with Crippen LogP contribution in [0, 0.1) is 18.3 Å². The van der Waals surface area contributed by atoms with E-state index in [0.717, 1.165) is 5.56 Å². The molecular weight excluding hydrogens is 542 g/mol. The van der Waals surface area contributed by atoms with Crippen molar-refractivity contribution in [2.75, 3.05) is 17.8 Å². The van der Waals surface area contributed by atoms with Crippen LogP contribution in [-0.4, -0.2) is 67.9 Å². The molecule has 3 saturated heterocycles. The molecule has 0 radical (unpaired) electrons. The first-order valence-electron chi connectivity index (χ1n) is 12.4. The van der Waals surface area contributed by atoms with Crippen LogP contribution in [0.1, 0.15) is 38.3 Å². The number of carbonyl (C=O) groups is 1. The number of hydrogen-bond acceptors (Lipinski definition) is 7. The summed E-state index contributed by atoms with van der Waals surface area (Å²) in [5.74, 6) is 0. The molecule has 4 heterocycles. The SMILES string of the molecule is Cc1ccc(NS(=O)(=O)c2ccc(S(=O)(=O)N3CC4C[C@H](C3)N4C(=O)OC(C)(C)C)cc2)c2[nH]cc(C#N)c12. The van der Waals surface area contributed by atoms with Gasteiger partial charge in [-0.05, 0) is 70.0 Å². The molecule has 2 bridgehead atoms. The van der Waals surface area contributed by atoms with Gasteiger partial charge in [0.05, 0.1) is 38.6 Å². The number of carbonyl (C=O) groups excluding carboxylic acids is 1. The number of nitriles is 1. The number of aromatic nitrogens is 1. The molecule has 0 aliphatic carbocycles. The highest BCUT2D eigenvalue weighted by Gasteiger charge is 2.51. The largest absolute Gasteiger partial charge is 0.444 e. The Morgan fingerprint density at radius 3 is 2.26 bits per heavy atom. The number of aryl methyl sites for hydroxylation is 1. The fraction of sp³-hybridized carbons (Fsp3) is 0.385. The van der Waals surface area contributed by atoms with Gasteiger partial charge in [0.15, 0.2) is 0 Å². The van der Waals surface area contributed by atoms with Gasteiger partial charge >= 0.3 is 6.09 Å².